The molecule has 3 heterocycles. The highest BCUT2D eigenvalue weighted by atomic mass is 16.3. The van der Waals surface area contributed by atoms with Crippen LogP contribution < -0.4 is 11.2 Å². The second-order valence-electron chi connectivity index (χ2n) is 6.21. The number of nitrogens with zero attached hydrogens (tertiary/aromatic N) is 2. The first-order valence-electron chi connectivity index (χ1n) is 7.75. The number of H-pyrrole nitrogens is 1. The zero-order valence-electron chi connectivity index (χ0n) is 13.0. The smallest absolute Gasteiger partial charge is 0.330 e. The van der Waals surface area contributed by atoms with Crippen LogP contribution in [0.4, 0.5) is 0 Å². The molecule has 1 unspecified atom stereocenters. The number of hydrogen-bond donors (Lipinski definition) is 1. The fourth-order valence-electron chi connectivity index (χ4n) is 3.31. The molecule has 0 saturated carbocycles. The summed E-state index contributed by atoms with van der Waals surface area (Å²) in [6.07, 6.45) is 4.06. The van der Waals surface area contributed by atoms with Crippen LogP contribution in [0.5, 0.6) is 0 Å². The first-order chi connectivity index (χ1) is 11.5. The van der Waals surface area contributed by atoms with Crippen molar-refractivity contribution in [2.45, 2.75) is 26.3 Å². The standard InChI is InChI=1S/C17H15N3O4/c1-9-5-11-12(13(21)6-9)7-18-15-14(11)16(22)19-17(23)20(15)8-10-3-2-4-24-10/h2-4,7,9H,5-6,8H2,1H3,(H,19,22,23). The lowest BCUT2D eigenvalue weighted by Crippen LogP contribution is -2.33. The fourth-order valence-corrected chi connectivity index (χ4v) is 3.31. The number of pyridine rings is 1. The van der Waals surface area contributed by atoms with Gasteiger partial charge in [-0.2, -0.15) is 0 Å². The van der Waals surface area contributed by atoms with Crippen LogP contribution in [0.25, 0.3) is 11.0 Å². The van der Waals surface area contributed by atoms with E-state index in [0.717, 1.165) is 0 Å². The van der Waals surface area contributed by atoms with Gasteiger partial charge in [0.1, 0.15) is 11.4 Å². The third-order valence-corrected chi connectivity index (χ3v) is 4.40. The number of carbonyl (C=O) groups is 1. The van der Waals surface area contributed by atoms with Crippen molar-refractivity contribution in [3.05, 3.63) is 62.3 Å². The number of fused-ring (bicyclic) bond motifs is 3. The van der Waals surface area contributed by atoms with Crippen molar-refractivity contribution in [3.8, 4) is 0 Å². The van der Waals surface area contributed by atoms with E-state index in [1.807, 2.05) is 6.92 Å². The molecule has 24 heavy (non-hydrogen) atoms. The van der Waals surface area contributed by atoms with Gasteiger partial charge in [0.15, 0.2) is 5.78 Å². The molecular weight excluding hydrogens is 310 g/mol. The summed E-state index contributed by atoms with van der Waals surface area (Å²) >= 11 is 0. The van der Waals surface area contributed by atoms with Gasteiger partial charge in [-0.1, -0.05) is 6.92 Å². The van der Waals surface area contributed by atoms with E-state index in [0.29, 0.717) is 35.1 Å². The molecule has 0 aromatic carbocycles. The highest BCUT2D eigenvalue weighted by Crippen LogP contribution is 2.28. The minimum atomic E-state index is -0.550. The van der Waals surface area contributed by atoms with Crippen LogP contribution in [0.2, 0.25) is 0 Å². The van der Waals surface area contributed by atoms with Crippen molar-refractivity contribution in [2.24, 2.45) is 5.92 Å². The first-order valence-corrected chi connectivity index (χ1v) is 7.75. The highest BCUT2D eigenvalue weighted by Gasteiger charge is 2.27. The number of aromatic nitrogens is 3. The second kappa shape index (κ2) is 5.30. The van der Waals surface area contributed by atoms with Gasteiger partial charge >= 0.3 is 5.69 Å². The van der Waals surface area contributed by atoms with Crippen molar-refractivity contribution in [3.63, 3.8) is 0 Å². The van der Waals surface area contributed by atoms with Gasteiger partial charge in [0.05, 0.1) is 18.2 Å². The van der Waals surface area contributed by atoms with E-state index in [9.17, 15) is 14.4 Å². The molecule has 1 atom stereocenters. The Balaban J connectivity index is 2.02. The second-order valence-corrected chi connectivity index (χ2v) is 6.21. The Hall–Kier alpha value is -2.96. The van der Waals surface area contributed by atoms with Crippen LogP contribution in [0.1, 0.15) is 35.0 Å². The fraction of sp³-hybridized carbons (Fsp3) is 0.294. The predicted octanol–water partition coefficient (Wildman–Crippen LogP) is 1.49. The van der Waals surface area contributed by atoms with Gasteiger partial charge in [0, 0.05) is 18.2 Å². The normalized spacial score (nSPS) is 17.2. The lowest BCUT2D eigenvalue weighted by atomic mass is 9.84. The topological polar surface area (TPSA) is 98.0 Å². The third kappa shape index (κ3) is 2.20. The number of Topliss-reactive ketones (excluding diaryl/α,β-unsaturated/α-hetero) is 1. The van der Waals surface area contributed by atoms with E-state index in [1.54, 1.807) is 12.1 Å². The van der Waals surface area contributed by atoms with Gasteiger partial charge in [-0.25, -0.2) is 9.78 Å². The Morgan fingerprint density at radius 2 is 2.17 bits per heavy atom. The zero-order valence-corrected chi connectivity index (χ0v) is 13.0. The quantitative estimate of drug-likeness (QED) is 0.770. The molecule has 0 radical (unpaired) electrons. The van der Waals surface area contributed by atoms with Gasteiger partial charge in [0.2, 0.25) is 0 Å². The van der Waals surface area contributed by atoms with Crippen LogP contribution in [0.3, 0.4) is 0 Å². The third-order valence-electron chi connectivity index (χ3n) is 4.40. The maximum atomic E-state index is 12.4. The number of ketones is 1. The molecule has 0 saturated heterocycles. The molecule has 1 N–H and O–H groups in total. The van der Waals surface area contributed by atoms with Crippen LogP contribution in [0, 0.1) is 5.92 Å². The van der Waals surface area contributed by atoms with E-state index in [2.05, 4.69) is 9.97 Å². The number of aromatic amines is 1. The summed E-state index contributed by atoms with van der Waals surface area (Å²) < 4.78 is 6.65. The Morgan fingerprint density at radius 3 is 2.92 bits per heavy atom. The maximum absolute atomic E-state index is 12.4. The molecular formula is C17H15N3O4. The highest BCUT2D eigenvalue weighted by molar-refractivity contribution is 6.02. The molecule has 0 amide bonds. The number of rotatable bonds is 2. The molecule has 0 fully saturated rings. The van der Waals surface area contributed by atoms with Crippen LogP contribution in [-0.4, -0.2) is 20.3 Å². The summed E-state index contributed by atoms with van der Waals surface area (Å²) in [6, 6.07) is 3.47. The van der Waals surface area contributed by atoms with Gasteiger partial charge < -0.3 is 4.42 Å². The molecule has 3 aromatic rings. The Labute approximate surface area is 136 Å². The number of furan rings is 1. The molecule has 0 aliphatic heterocycles. The van der Waals surface area contributed by atoms with E-state index in [4.69, 9.17) is 4.42 Å². The van der Waals surface area contributed by atoms with E-state index in [-0.39, 0.29) is 23.9 Å². The van der Waals surface area contributed by atoms with Crippen LogP contribution >= 0.6 is 0 Å². The van der Waals surface area contributed by atoms with E-state index in [1.165, 1.54) is 17.0 Å². The minimum Gasteiger partial charge on any atom is -0.467 e. The maximum Gasteiger partial charge on any atom is 0.330 e. The van der Waals surface area contributed by atoms with Crippen molar-refractivity contribution in [1.82, 2.24) is 14.5 Å². The molecule has 3 aromatic heterocycles. The number of nitrogens with one attached hydrogen (secondary N) is 1. The molecule has 7 nitrogen and oxygen atoms in total. The Bertz CT molecular complexity index is 1060. The summed E-state index contributed by atoms with van der Waals surface area (Å²) in [5.41, 5.74) is 0.386. The van der Waals surface area contributed by atoms with Crippen molar-refractivity contribution >= 4 is 16.8 Å². The SMILES string of the molecule is CC1CC(=O)c2cnc3c(c2C1)c(=O)[nH]c(=O)n3Cc1ccco1. The first kappa shape index (κ1) is 14.6. The van der Waals surface area contributed by atoms with Crippen molar-refractivity contribution in [1.29, 1.82) is 0 Å². The number of hydrogen-bond acceptors (Lipinski definition) is 5. The van der Waals surface area contributed by atoms with E-state index >= 15 is 0 Å². The lowest BCUT2D eigenvalue weighted by Gasteiger charge is -2.21. The monoisotopic (exact) mass is 325 g/mol. The van der Waals surface area contributed by atoms with Gasteiger partial charge in [-0.15, -0.1) is 0 Å². The largest absolute Gasteiger partial charge is 0.467 e. The van der Waals surface area contributed by atoms with Gasteiger partial charge in [-0.05, 0) is 30.0 Å². The number of carbonyl (C=O) groups excluding carboxylic acids is 1. The molecule has 7 heteroatoms. The van der Waals surface area contributed by atoms with E-state index < -0.39 is 11.2 Å². The summed E-state index contributed by atoms with van der Waals surface area (Å²) in [5.74, 6) is 0.719. The Kier molecular flexibility index (Phi) is 3.23. The summed E-state index contributed by atoms with van der Waals surface area (Å²) in [4.78, 5) is 43.4. The average Bonchev–Trinajstić information content (AvgIpc) is 3.03. The molecule has 0 spiro atoms. The van der Waals surface area contributed by atoms with Crippen molar-refractivity contribution < 1.29 is 9.21 Å². The lowest BCUT2D eigenvalue weighted by molar-refractivity contribution is 0.0953. The summed E-state index contributed by atoms with van der Waals surface area (Å²) in [6.45, 7) is 2.13. The van der Waals surface area contributed by atoms with Crippen LogP contribution in [0.15, 0.2) is 38.6 Å². The molecule has 0 bridgehead atoms. The van der Waals surface area contributed by atoms with Crippen LogP contribution in [-0.2, 0) is 13.0 Å². The molecule has 1 aliphatic rings. The molecule has 4 rings (SSSR count). The van der Waals surface area contributed by atoms with Gasteiger partial charge in [0.25, 0.3) is 5.56 Å². The average molecular weight is 325 g/mol. The summed E-state index contributed by atoms with van der Waals surface area (Å²) in [5, 5.41) is 0.318. The minimum absolute atomic E-state index is 0.0127. The zero-order chi connectivity index (χ0) is 16.8. The Morgan fingerprint density at radius 1 is 1.33 bits per heavy atom. The molecule has 1 aliphatic carbocycles. The molecule has 122 valence electrons. The van der Waals surface area contributed by atoms with Gasteiger partial charge in [-0.3, -0.25) is 19.1 Å². The summed E-state index contributed by atoms with van der Waals surface area (Å²) in [7, 11) is 0. The van der Waals surface area contributed by atoms with Crippen molar-refractivity contribution in [2.75, 3.05) is 0 Å². The predicted molar refractivity (Wildman–Crippen MR) is 86.2 cm³/mol.